The van der Waals surface area contributed by atoms with Crippen molar-refractivity contribution in [3.8, 4) is 0 Å². The number of nitrogens with zero attached hydrogens (tertiary/aromatic N) is 4. The Morgan fingerprint density at radius 2 is 2.40 bits per heavy atom. The lowest BCUT2D eigenvalue weighted by atomic mass is 10.2. The summed E-state index contributed by atoms with van der Waals surface area (Å²) in [6.45, 7) is 2.66. The molecule has 0 aliphatic carbocycles. The van der Waals surface area contributed by atoms with E-state index in [1.54, 1.807) is 0 Å². The van der Waals surface area contributed by atoms with Gasteiger partial charge in [0.1, 0.15) is 6.33 Å². The minimum Gasteiger partial charge on any atom is -0.364 e. The monoisotopic (exact) mass is 297 g/mol. The van der Waals surface area contributed by atoms with E-state index in [-0.39, 0.29) is 5.69 Å². The molecule has 1 fully saturated rings. The Hall–Kier alpha value is -1.57. The molecule has 0 bridgehead atoms. The van der Waals surface area contributed by atoms with Crippen molar-refractivity contribution in [2.45, 2.75) is 25.8 Å². The average molecular weight is 297 g/mol. The van der Waals surface area contributed by atoms with E-state index in [2.05, 4.69) is 15.3 Å². The van der Waals surface area contributed by atoms with E-state index in [0.717, 1.165) is 24.3 Å². The highest BCUT2D eigenvalue weighted by Crippen LogP contribution is 2.34. The third kappa shape index (κ3) is 3.12. The van der Waals surface area contributed by atoms with E-state index in [0.29, 0.717) is 24.2 Å². The number of hydrogen-bond acceptors (Lipinski definition) is 7. The fourth-order valence-corrected chi connectivity index (χ4v) is 3.44. The van der Waals surface area contributed by atoms with Crippen molar-refractivity contribution in [1.29, 1.82) is 0 Å². The third-order valence-corrected chi connectivity index (χ3v) is 4.46. The van der Waals surface area contributed by atoms with Crippen molar-refractivity contribution < 1.29 is 4.92 Å². The van der Waals surface area contributed by atoms with Crippen LogP contribution in [0.5, 0.6) is 0 Å². The van der Waals surface area contributed by atoms with E-state index in [1.165, 1.54) is 6.33 Å². The Labute approximate surface area is 122 Å². The lowest BCUT2D eigenvalue weighted by molar-refractivity contribution is -0.383. The van der Waals surface area contributed by atoms with E-state index in [1.807, 2.05) is 30.6 Å². The molecule has 0 aromatic carbocycles. The molecule has 8 heteroatoms. The highest BCUT2D eigenvalue weighted by molar-refractivity contribution is 7.99. The molecule has 1 aliphatic rings. The summed E-state index contributed by atoms with van der Waals surface area (Å²) in [5, 5.41) is 14.4. The zero-order chi connectivity index (χ0) is 14.5. The van der Waals surface area contributed by atoms with Crippen LogP contribution < -0.4 is 10.2 Å². The van der Waals surface area contributed by atoms with Crippen LogP contribution in [0.15, 0.2) is 6.33 Å². The number of anilines is 2. The van der Waals surface area contributed by atoms with Crippen molar-refractivity contribution >= 4 is 29.1 Å². The quantitative estimate of drug-likeness (QED) is 0.636. The number of nitro groups is 1. The first-order chi connectivity index (χ1) is 9.65. The summed E-state index contributed by atoms with van der Waals surface area (Å²) in [5.41, 5.74) is -0.0275. The molecule has 1 aromatic rings. The van der Waals surface area contributed by atoms with Gasteiger partial charge in [-0.1, -0.05) is 6.92 Å². The van der Waals surface area contributed by atoms with Crippen LogP contribution in [0.25, 0.3) is 0 Å². The van der Waals surface area contributed by atoms with E-state index in [4.69, 9.17) is 0 Å². The van der Waals surface area contributed by atoms with Gasteiger partial charge >= 0.3 is 5.69 Å². The van der Waals surface area contributed by atoms with Gasteiger partial charge in [-0.05, 0) is 18.6 Å². The molecule has 1 aromatic heterocycles. The number of hydrogen-bond donors (Lipinski definition) is 1. The number of aromatic nitrogens is 2. The molecule has 0 saturated carbocycles. The van der Waals surface area contributed by atoms with Crippen LogP contribution in [-0.4, -0.2) is 46.0 Å². The van der Waals surface area contributed by atoms with Crippen molar-refractivity contribution in [3.05, 3.63) is 16.4 Å². The molecule has 0 amide bonds. The summed E-state index contributed by atoms with van der Waals surface area (Å²) < 4.78 is 0. The molecule has 0 spiro atoms. The minimum absolute atomic E-state index is 0.0275. The maximum absolute atomic E-state index is 11.4. The van der Waals surface area contributed by atoms with E-state index >= 15 is 0 Å². The largest absolute Gasteiger partial charge is 0.364 e. The normalized spacial score (nSPS) is 18.0. The molecule has 110 valence electrons. The van der Waals surface area contributed by atoms with Gasteiger partial charge in [-0.25, -0.2) is 9.97 Å². The standard InChI is InChI=1S/C12H19N5O2S/c1-3-5-13-11-10(17(18)19)12(15-8-14-11)16(2)9-4-6-20-7-9/h8-9H,3-7H2,1-2H3,(H,13,14,15). The van der Waals surface area contributed by atoms with Crippen molar-refractivity contribution in [2.24, 2.45) is 0 Å². The Morgan fingerprint density at radius 1 is 1.60 bits per heavy atom. The number of nitrogens with one attached hydrogen (secondary N) is 1. The zero-order valence-electron chi connectivity index (χ0n) is 11.7. The van der Waals surface area contributed by atoms with Gasteiger partial charge in [0.15, 0.2) is 0 Å². The second-order valence-corrected chi connectivity index (χ2v) is 5.86. The molecule has 1 unspecified atom stereocenters. The molecular weight excluding hydrogens is 278 g/mol. The first kappa shape index (κ1) is 14.8. The second kappa shape index (κ2) is 6.74. The molecule has 1 saturated heterocycles. The van der Waals surface area contributed by atoms with Crippen LogP contribution in [0, 0.1) is 10.1 Å². The van der Waals surface area contributed by atoms with Crippen LogP contribution >= 0.6 is 11.8 Å². The van der Waals surface area contributed by atoms with Gasteiger partial charge in [-0.2, -0.15) is 11.8 Å². The van der Waals surface area contributed by atoms with E-state index in [9.17, 15) is 10.1 Å². The Kier molecular flexibility index (Phi) is 4.99. The third-order valence-electron chi connectivity index (χ3n) is 3.32. The topological polar surface area (TPSA) is 84.2 Å². The zero-order valence-corrected chi connectivity index (χ0v) is 12.5. The maximum Gasteiger partial charge on any atom is 0.353 e. The highest BCUT2D eigenvalue weighted by atomic mass is 32.2. The molecule has 0 radical (unpaired) electrons. The van der Waals surface area contributed by atoms with Gasteiger partial charge in [0.25, 0.3) is 0 Å². The smallest absolute Gasteiger partial charge is 0.353 e. The summed E-state index contributed by atoms with van der Waals surface area (Å²) in [6.07, 6.45) is 3.30. The molecule has 1 aliphatic heterocycles. The number of rotatable bonds is 6. The first-order valence-electron chi connectivity index (χ1n) is 6.69. The Morgan fingerprint density at radius 3 is 3.00 bits per heavy atom. The molecule has 2 heterocycles. The maximum atomic E-state index is 11.4. The average Bonchev–Trinajstić information content (AvgIpc) is 2.97. The summed E-state index contributed by atoms with van der Waals surface area (Å²) in [4.78, 5) is 21.0. The van der Waals surface area contributed by atoms with Crippen molar-refractivity contribution in [1.82, 2.24) is 9.97 Å². The van der Waals surface area contributed by atoms with Gasteiger partial charge in [-0.3, -0.25) is 10.1 Å². The predicted molar refractivity (Wildman–Crippen MR) is 81.6 cm³/mol. The minimum atomic E-state index is -0.397. The first-order valence-corrected chi connectivity index (χ1v) is 7.84. The van der Waals surface area contributed by atoms with Gasteiger partial charge < -0.3 is 10.2 Å². The lowest BCUT2D eigenvalue weighted by Crippen LogP contribution is -2.32. The van der Waals surface area contributed by atoms with Crippen LogP contribution in [0.3, 0.4) is 0 Å². The van der Waals surface area contributed by atoms with Crippen LogP contribution in [0.1, 0.15) is 19.8 Å². The van der Waals surface area contributed by atoms with Gasteiger partial charge in [-0.15, -0.1) is 0 Å². The summed E-state index contributed by atoms with van der Waals surface area (Å²) in [5.74, 6) is 2.78. The second-order valence-electron chi connectivity index (χ2n) is 4.71. The highest BCUT2D eigenvalue weighted by Gasteiger charge is 2.30. The van der Waals surface area contributed by atoms with Crippen molar-refractivity contribution in [3.63, 3.8) is 0 Å². The van der Waals surface area contributed by atoms with Gasteiger partial charge in [0.05, 0.1) is 4.92 Å². The lowest BCUT2D eigenvalue weighted by Gasteiger charge is -2.24. The molecule has 20 heavy (non-hydrogen) atoms. The fourth-order valence-electron chi connectivity index (χ4n) is 2.17. The molecule has 2 rings (SSSR count). The molecule has 1 N–H and O–H groups in total. The summed E-state index contributed by atoms with van der Waals surface area (Å²) in [7, 11) is 1.87. The van der Waals surface area contributed by atoms with Gasteiger partial charge in [0.2, 0.25) is 11.6 Å². The SMILES string of the molecule is CCCNc1ncnc(N(C)C2CCSC2)c1[N+](=O)[O-]. The van der Waals surface area contributed by atoms with Crippen LogP contribution in [-0.2, 0) is 0 Å². The van der Waals surface area contributed by atoms with Crippen LogP contribution in [0.2, 0.25) is 0 Å². The number of thioether (sulfide) groups is 1. The summed E-state index contributed by atoms with van der Waals surface area (Å²) in [6, 6.07) is 0.299. The van der Waals surface area contributed by atoms with E-state index < -0.39 is 4.92 Å². The van der Waals surface area contributed by atoms with Crippen molar-refractivity contribution in [2.75, 3.05) is 35.3 Å². The molecule has 1 atom stereocenters. The predicted octanol–water partition coefficient (Wildman–Crippen LogP) is 2.15. The molecular formula is C12H19N5O2S. The van der Waals surface area contributed by atoms with Gasteiger partial charge in [0, 0.05) is 25.4 Å². The Bertz CT molecular complexity index is 479. The Balaban J connectivity index is 2.33. The summed E-state index contributed by atoms with van der Waals surface area (Å²) >= 11 is 1.87. The molecule has 7 nitrogen and oxygen atoms in total. The fraction of sp³-hybridized carbons (Fsp3) is 0.667. The van der Waals surface area contributed by atoms with Crippen LogP contribution in [0.4, 0.5) is 17.3 Å².